The lowest BCUT2D eigenvalue weighted by atomic mass is 9.98. The van der Waals surface area contributed by atoms with Crippen LogP contribution in [0.1, 0.15) is 36.5 Å². The van der Waals surface area contributed by atoms with Crippen molar-refractivity contribution in [3.8, 4) is 6.07 Å². The van der Waals surface area contributed by atoms with E-state index in [0.717, 1.165) is 11.3 Å². The number of hydrogen-bond donors (Lipinski definition) is 2. The molecule has 2 N–H and O–H groups in total. The number of anilines is 4. The molecular weight excluding hydrogens is 324 g/mol. The third-order valence-electron chi connectivity index (χ3n) is 4.03. The molecule has 0 amide bonds. The maximum atomic E-state index is 9.21. The summed E-state index contributed by atoms with van der Waals surface area (Å²) in [6, 6.07) is 15.6. The normalized spacial score (nSPS) is 10.4. The van der Waals surface area contributed by atoms with Crippen LogP contribution in [0.15, 0.2) is 48.7 Å². The Morgan fingerprint density at radius 2 is 1.85 bits per heavy atom. The topological polar surface area (TPSA) is 86.5 Å². The molecular formula is C20H20N6. The summed E-state index contributed by atoms with van der Waals surface area (Å²) in [5, 5.41) is 23.7. The van der Waals surface area contributed by atoms with Crippen LogP contribution in [-0.4, -0.2) is 15.2 Å². The summed E-state index contributed by atoms with van der Waals surface area (Å²) in [4.78, 5) is 4.48. The molecule has 6 heteroatoms. The molecule has 3 aromatic rings. The lowest BCUT2D eigenvalue weighted by molar-refractivity contribution is 0.865. The molecule has 3 rings (SSSR count). The summed E-state index contributed by atoms with van der Waals surface area (Å²) in [6.45, 7) is 6.35. The van der Waals surface area contributed by atoms with Crippen LogP contribution in [-0.2, 0) is 0 Å². The number of rotatable bonds is 5. The number of para-hydroxylation sites is 2. The van der Waals surface area contributed by atoms with E-state index >= 15 is 0 Å². The van der Waals surface area contributed by atoms with Gasteiger partial charge in [-0.15, -0.1) is 5.10 Å². The van der Waals surface area contributed by atoms with Crippen LogP contribution in [0.25, 0.3) is 0 Å². The molecule has 0 bridgehead atoms. The number of nitriles is 1. The Morgan fingerprint density at radius 1 is 1.04 bits per heavy atom. The first-order valence-electron chi connectivity index (χ1n) is 8.41. The van der Waals surface area contributed by atoms with Gasteiger partial charge in [-0.1, -0.05) is 44.2 Å². The molecule has 0 atom stereocenters. The highest BCUT2D eigenvalue weighted by Crippen LogP contribution is 2.29. The van der Waals surface area contributed by atoms with Crippen LogP contribution in [0.2, 0.25) is 0 Å². The van der Waals surface area contributed by atoms with Gasteiger partial charge < -0.3 is 10.6 Å². The van der Waals surface area contributed by atoms with Gasteiger partial charge in [0.25, 0.3) is 0 Å². The van der Waals surface area contributed by atoms with Crippen molar-refractivity contribution in [2.75, 3.05) is 10.6 Å². The second kappa shape index (κ2) is 7.62. The molecule has 130 valence electrons. The monoisotopic (exact) mass is 344 g/mol. The molecule has 1 aromatic heterocycles. The van der Waals surface area contributed by atoms with Crippen molar-refractivity contribution in [1.82, 2.24) is 15.2 Å². The van der Waals surface area contributed by atoms with Crippen LogP contribution < -0.4 is 10.6 Å². The molecule has 1 heterocycles. The highest BCUT2D eigenvalue weighted by atomic mass is 15.3. The number of hydrogen-bond acceptors (Lipinski definition) is 6. The van der Waals surface area contributed by atoms with E-state index < -0.39 is 0 Å². The molecule has 0 saturated heterocycles. The average molecular weight is 344 g/mol. The molecule has 2 aromatic carbocycles. The SMILES string of the molecule is Cc1cccc(C(C)C)c1Nc1nncc(Nc2ccccc2C#N)n1. The Hall–Kier alpha value is -3.46. The van der Waals surface area contributed by atoms with Crippen LogP contribution in [0.4, 0.5) is 23.1 Å². The van der Waals surface area contributed by atoms with E-state index in [1.807, 2.05) is 37.3 Å². The predicted octanol–water partition coefficient (Wildman–Crippen LogP) is 4.66. The maximum absolute atomic E-state index is 9.21. The fourth-order valence-electron chi connectivity index (χ4n) is 2.70. The summed E-state index contributed by atoms with van der Waals surface area (Å²) in [5.41, 5.74) is 4.54. The van der Waals surface area contributed by atoms with Gasteiger partial charge in [-0.2, -0.15) is 15.3 Å². The zero-order valence-electron chi connectivity index (χ0n) is 15.0. The Kier molecular flexibility index (Phi) is 5.09. The van der Waals surface area contributed by atoms with Crippen molar-refractivity contribution in [2.24, 2.45) is 0 Å². The van der Waals surface area contributed by atoms with E-state index in [2.05, 4.69) is 51.8 Å². The number of aryl methyl sites for hydroxylation is 1. The fraction of sp³-hybridized carbons (Fsp3) is 0.200. The van der Waals surface area contributed by atoms with Crippen LogP contribution >= 0.6 is 0 Å². The van der Waals surface area contributed by atoms with Crippen molar-refractivity contribution in [3.63, 3.8) is 0 Å². The summed E-state index contributed by atoms with van der Waals surface area (Å²) >= 11 is 0. The minimum absolute atomic E-state index is 0.370. The van der Waals surface area contributed by atoms with Gasteiger partial charge >= 0.3 is 0 Å². The van der Waals surface area contributed by atoms with Crippen LogP contribution in [0, 0.1) is 18.3 Å². The Balaban J connectivity index is 1.89. The minimum atomic E-state index is 0.370. The van der Waals surface area contributed by atoms with Gasteiger partial charge in [-0.25, -0.2) is 0 Å². The maximum Gasteiger partial charge on any atom is 0.249 e. The number of benzene rings is 2. The van der Waals surface area contributed by atoms with Gasteiger partial charge in [0.05, 0.1) is 17.4 Å². The minimum Gasteiger partial charge on any atom is -0.338 e. The predicted molar refractivity (Wildman–Crippen MR) is 103 cm³/mol. The van der Waals surface area contributed by atoms with Gasteiger partial charge in [0.1, 0.15) is 6.07 Å². The van der Waals surface area contributed by atoms with Crippen molar-refractivity contribution in [2.45, 2.75) is 26.7 Å². The molecule has 0 saturated carbocycles. The third kappa shape index (κ3) is 3.78. The van der Waals surface area contributed by atoms with Crippen LogP contribution in [0.5, 0.6) is 0 Å². The second-order valence-corrected chi connectivity index (χ2v) is 6.27. The van der Waals surface area contributed by atoms with E-state index in [9.17, 15) is 5.26 Å². The largest absolute Gasteiger partial charge is 0.338 e. The van der Waals surface area contributed by atoms with Crippen molar-refractivity contribution < 1.29 is 0 Å². The Morgan fingerprint density at radius 3 is 2.62 bits per heavy atom. The van der Waals surface area contributed by atoms with Gasteiger partial charge in [0.15, 0.2) is 5.82 Å². The molecule has 0 unspecified atom stereocenters. The number of aromatic nitrogens is 3. The molecule has 0 spiro atoms. The van der Waals surface area contributed by atoms with E-state index in [4.69, 9.17) is 0 Å². The molecule has 0 fully saturated rings. The third-order valence-corrected chi connectivity index (χ3v) is 4.03. The summed E-state index contributed by atoms with van der Waals surface area (Å²) in [7, 11) is 0. The van der Waals surface area contributed by atoms with E-state index in [0.29, 0.717) is 28.9 Å². The zero-order valence-corrected chi connectivity index (χ0v) is 15.0. The molecule has 0 aliphatic carbocycles. The molecule has 0 radical (unpaired) electrons. The highest BCUT2D eigenvalue weighted by molar-refractivity contribution is 5.67. The van der Waals surface area contributed by atoms with Crippen molar-refractivity contribution in [3.05, 3.63) is 65.4 Å². The first-order valence-corrected chi connectivity index (χ1v) is 8.41. The average Bonchev–Trinajstić information content (AvgIpc) is 2.64. The Labute approximate surface area is 152 Å². The Bertz CT molecular complexity index is 959. The molecule has 0 aliphatic heterocycles. The first-order chi connectivity index (χ1) is 12.6. The quantitative estimate of drug-likeness (QED) is 0.700. The smallest absolute Gasteiger partial charge is 0.249 e. The van der Waals surface area contributed by atoms with Crippen molar-refractivity contribution >= 4 is 23.1 Å². The van der Waals surface area contributed by atoms with E-state index in [1.54, 1.807) is 6.07 Å². The first kappa shape index (κ1) is 17.4. The van der Waals surface area contributed by atoms with Gasteiger partial charge in [0, 0.05) is 5.69 Å². The second-order valence-electron chi connectivity index (χ2n) is 6.27. The summed E-state index contributed by atoms with van der Waals surface area (Å²) in [6.07, 6.45) is 1.53. The van der Waals surface area contributed by atoms with E-state index in [1.165, 1.54) is 11.8 Å². The fourth-order valence-corrected chi connectivity index (χ4v) is 2.70. The number of nitrogens with zero attached hydrogens (tertiary/aromatic N) is 4. The van der Waals surface area contributed by atoms with Crippen LogP contribution in [0.3, 0.4) is 0 Å². The van der Waals surface area contributed by atoms with Crippen molar-refractivity contribution in [1.29, 1.82) is 5.26 Å². The molecule has 26 heavy (non-hydrogen) atoms. The zero-order chi connectivity index (χ0) is 18.5. The van der Waals surface area contributed by atoms with E-state index in [-0.39, 0.29) is 0 Å². The highest BCUT2D eigenvalue weighted by Gasteiger charge is 2.11. The van der Waals surface area contributed by atoms with Gasteiger partial charge in [-0.3, -0.25) is 0 Å². The molecule has 0 aliphatic rings. The lowest BCUT2D eigenvalue weighted by Crippen LogP contribution is -2.06. The number of nitrogens with one attached hydrogen (secondary N) is 2. The lowest BCUT2D eigenvalue weighted by Gasteiger charge is -2.16. The molecule has 6 nitrogen and oxygen atoms in total. The van der Waals surface area contributed by atoms with Gasteiger partial charge in [-0.05, 0) is 36.1 Å². The summed E-state index contributed by atoms with van der Waals surface area (Å²) < 4.78 is 0. The summed E-state index contributed by atoms with van der Waals surface area (Å²) in [5.74, 6) is 1.29. The van der Waals surface area contributed by atoms with Gasteiger partial charge in [0.2, 0.25) is 5.95 Å². The standard InChI is InChI=1S/C20H20N6/c1-13(2)16-9-6-7-14(3)19(16)25-20-24-18(12-22-26-20)23-17-10-5-4-8-15(17)11-21/h4-10,12-13H,1-3H3,(H2,23,24,25,26).